The molecule has 0 saturated heterocycles. The Morgan fingerprint density at radius 3 is 2.93 bits per heavy atom. The molecule has 0 fully saturated rings. The van der Waals surface area contributed by atoms with Crippen LogP contribution < -0.4 is 0 Å². The van der Waals surface area contributed by atoms with Gasteiger partial charge in [0.2, 0.25) is 0 Å². The van der Waals surface area contributed by atoms with Gasteiger partial charge in [-0.15, -0.1) is 0 Å². The Bertz CT molecular complexity index is 311. The zero-order valence-electron chi connectivity index (χ0n) is 8.40. The first kappa shape index (κ1) is 11.2. The minimum Gasteiger partial charge on any atom is -0.340 e. The maximum absolute atomic E-state index is 11.8. The van der Waals surface area contributed by atoms with Crippen molar-refractivity contribution in [1.82, 2.24) is 14.5 Å². The van der Waals surface area contributed by atoms with E-state index < -0.39 is 0 Å². The molecule has 0 aliphatic carbocycles. The third-order valence-corrected chi connectivity index (χ3v) is 2.57. The molecule has 1 aromatic rings. The van der Waals surface area contributed by atoms with Gasteiger partial charge in [-0.1, -0.05) is 15.9 Å². The van der Waals surface area contributed by atoms with Crippen LogP contribution in [-0.4, -0.2) is 39.3 Å². The summed E-state index contributed by atoms with van der Waals surface area (Å²) in [7, 11) is 3.62. The fourth-order valence-corrected chi connectivity index (χ4v) is 1.41. The fraction of sp³-hybridized carbons (Fsp3) is 0.556. The highest BCUT2D eigenvalue weighted by Crippen LogP contribution is 2.02. The largest absolute Gasteiger partial charge is 0.340 e. The minimum absolute atomic E-state index is 0.0194. The highest BCUT2D eigenvalue weighted by molar-refractivity contribution is 9.09. The van der Waals surface area contributed by atoms with E-state index in [1.54, 1.807) is 29.0 Å². The van der Waals surface area contributed by atoms with Crippen molar-refractivity contribution in [3.63, 3.8) is 0 Å². The maximum atomic E-state index is 11.8. The minimum atomic E-state index is 0.0194. The summed E-state index contributed by atoms with van der Waals surface area (Å²) in [4.78, 5) is 17.4. The van der Waals surface area contributed by atoms with E-state index in [2.05, 4.69) is 20.9 Å². The second-order valence-electron chi connectivity index (χ2n) is 3.16. The summed E-state index contributed by atoms with van der Waals surface area (Å²) in [6.07, 6.45) is 4.18. The quantitative estimate of drug-likeness (QED) is 0.765. The predicted octanol–water partition coefficient (Wildman–Crippen LogP) is 1.28. The van der Waals surface area contributed by atoms with E-state index >= 15 is 0 Å². The van der Waals surface area contributed by atoms with Crippen LogP contribution in [-0.2, 0) is 7.05 Å². The zero-order valence-corrected chi connectivity index (χ0v) is 9.99. The molecule has 0 aromatic carbocycles. The topological polar surface area (TPSA) is 38.1 Å². The lowest BCUT2D eigenvalue weighted by molar-refractivity contribution is 0.0786. The van der Waals surface area contributed by atoms with E-state index in [1.807, 2.05) is 7.05 Å². The van der Waals surface area contributed by atoms with Gasteiger partial charge in [-0.25, -0.2) is 4.98 Å². The van der Waals surface area contributed by atoms with Crippen molar-refractivity contribution in [3.05, 3.63) is 18.2 Å². The van der Waals surface area contributed by atoms with Crippen molar-refractivity contribution >= 4 is 21.8 Å². The molecule has 4 nitrogen and oxygen atoms in total. The highest BCUT2D eigenvalue weighted by atomic mass is 79.9. The third-order valence-electron chi connectivity index (χ3n) is 2.01. The molecule has 1 amide bonds. The molecule has 0 atom stereocenters. The van der Waals surface area contributed by atoms with Crippen LogP contribution in [0.2, 0.25) is 0 Å². The van der Waals surface area contributed by atoms with Crippen molar-refractivity contribution in [2.45, 2.75) is 6.42 Å². The van der Waals surface area contributed by atoms with Gasteiger partial charge in [0.25, 0.3) is 5.91 Å². The Kier molecular flexibility index (Phi) is 4.13. The number of rotatable bonds is 4. The second kappa shape index (κ2) is 5.14. The van der Waals surface area contributed by atoms with Gasteiger partial charge in [-0.05, 0) is 6.42 Å². The third kappa shape index (κ3) is 2.57. The summed E-state index contributed by atoms with van der Waals surface area (Å²) in [6.45, 7) is 0.759. The molecule has 0 spiro atoms. The number of carbonyl (C=O) groups excluding carboxylic acids is 1. The SMILES string of the molecule is CN(CCCBr)C(=O)c1cncn1C. The fourth-order valence-electron chi connectivity index (χ4n) is 1.16. The molecule has 0 aliphatic heterocycles. The molecule has 5 heteroatoms. The van der Waals surface area contributed by atoms with E-state index in [-0.39, 0.29) is 5.91 Å². The summed E-state index contributed by atoms with van der Waals surface area (Å²) in [5, 5.41) is 0.913. The van der Waals surface area contributed by atoms with E-state index in [1.165, 1.54) is 0 Å². The number of alkyl halides is 1. The van der Waals surface area contributed by atoms with Crippen LogP contribution in [0.15, 0.2) is 12.5 Å². The summed E-state index contributed by atoms with van der Waals surface area (Å²) in [5.41, 5.74) is 0.627. The number of carbonyl (C=O) groups is 1. The summed E-state index contributed by atoms with van der Waals surface area (Å²) < 4.78 is 1.73. The van der Waals surface area contributed by atoms with E-state index in [0.717, 1.165) is 18.3 Å². The molecule has 1 aromatic heterocycles. The molecular weight excluding hydrogens is 246 g/mol. The van der Waals surface area contributed by atoms with Crippen molar-refractivity contribution in [1.29, 1.82) is 0 Å². The second-order valence-corrected chi connectivity index (χ2v) is 3.95. The van der Waals surface area contributed by atoms with Gasteiger partial charge in [0.1, 0.15) is 5.69 Å². The van der Waals surface area contributed by atoms with Crippen LogP contribution in [0.3, 0.4) is 0 Å². The number of nitrogens with zero attached hydrogens (tertiary/aromatic N) is 3. The average Bonchev–Trinajstić information content (AvgIpc) is 2.59. The van der Waals surface area contributed by atoms with Crippen molar-refractivity contribution < 1.29 is 4.79 Å². The summed E-state index contributed by atoms with van der Waals surface area (Å²) in [5.74, 6) is 0.0194. The van der Waals surface area contributed by atoms with Gasteiger partial charge in [-0.3, -0.25) is 4.79 Å². The van der Waals surface area contributed by atoms with E-state index in [4.69, 9.17) is 0 Å². The monoisotopic (exact) mass is 259 g/mol. The average molecular weight is 260 g/mol. The number of halogens is 1. The smallest absolute Gasteiger partial charge is 0.271 e. The molecule has 78 valence electrons. The number of imidazole rings is 1. The van der Waals surface area contributed by atoms with E-state index in [9.17, 15) is 4.79 Å². The van der Waals surface area contributed by atoms with Crippen molar-refractivity contribution in [2.24, 2.45) is 7.05 Å². The van der Waals surface area contributed by atoms with Crippen LogP contribution in [0, 0.1) is 0 Å². The van der Waals surface area contributed by atoms with Crippen molar-refractivity contribution in [3.8, 4) is 0 Å². The number of hydrogen-bond acceptors (Lipinski definition) is 2. The lowest BCUT2D eigenvalue weighted by Gasteiger charge is -2.16. The van der Waals surface area contributed by atoms with Crippen LogP contribution in [0.5, 0.6) is 0 Å². The normalized spacial score (nSPS) is 10.2. The maximum Gasteiger partial charge on any atom is 0.271 e. The van der Waals surface area contributed by atoms with Crippen molar-refractivity contribution in [2.75, 3.05) is 18.9 Å². The Morgan fingerprint density at radius 1 is 1.71 bits per heavy atom. The Hall–Kier alpha value is -0.840. The van der Waals surface area contributed by atoms with Crippen LogP contribution >= 0.6 is 15.9 Å². The first-order valence-corrected chi connectivity index (χ1v) is 5.56. The molecule has 0 aliphatic rings. The van der Waals surface area contributed by atoms with Crippen LogP contribution in [0.25, 0.3) is 0 Å². The first-order valence-electron chi connectivity index (χ1n) is 4.44. The van der Waals surface area contributed by atoms with Crippen LogP contribution in [0.4, 0.5) is 0 Å². The van der Waals surface area contributed by atoms with Gasteiger partial charge in [0.15, 0.2) is 0 Å². The first-order chi connectivity index (χ1) is 6.66. The van der Waals surface area contributed by atoms with E-state index in [0.29, 0.717) is 5.69 Å². The molecule has 14 heavy (non-hydrogen) atoms. The van der Waals surface area contributed by atoms with Crippen LogP contribution in [0.1, 0.15) is 16.9 Å². The number of hydrogen-bond donors (Lipinski definition) is 0. The van der Waals surface area contributed by atoms with Gasteiger partial charge < -0.3 is 9.47 Å². The molecule has 0 bridgehead atoms. The zero-order chi connectivity index (χ0) is 10.6. The summed E-state index contributed by atoms with van der Waals surface area (Å²) >= 11 is 3.33. The predicted molar refractivity (Wildman–Crippen MR) is 58.6 cm³/mol. The molecule has 1 rings (SSSR count). The van der Waals surface area contributed by atoms with Gasteiger partial charge >= 0.3 is 0 Å². The Labute approximate surface area is 92.0 Å². The van der Waals surface area contributed by atoms with Gasteiger partial charge in [0, 0.05) is 26.0 Å². The summed E-state index contributed by atoms with van der Waals surface area (Å²) in [6, 6.07) is 0. The number of aryl methyl sites for hydroxylation is 1. The number of amides is 1. The molecule has 0 N–H and O–H groups in total. The molecule has 0 radical (unpaired) electrons. The lowest BCUT2D eigenvalue weighted by atomic mass is 10.3. The Balaban J connectivity index is 2.61. The molecule has 1 heterocycles. The van der Waals surface area contributed by atoms with Gasteiger partial charge in [-0.2, -0.15) is 0 Å². The van der Waals surface area contributed by atoms with Gasteiger partial charge in [0.05, 0.1) is 12.5 Å². The lowest BCUT2D eigenvalue weighted by Crippen LogP contribution is -2.29. The highest BCUT2D eigenvalue weighted by Gasteiger charge is 2.13. The molecule has 0 saturated carbocycles. The Morgan fingerprint density at radius 2 is 2.43 bits per heavy atom. The number of aromatic nitrogens is 2. The molecule has 0 unspecified atom stereocenters. The standard InChI is InChI=1S/C9H14BrN3O/c1-12(5-3-4-10)9(14)8-6-11-7-13(8)2/h6-7H,3-5H2,1-2H3. The molecular formula is C9H14BrN3O.